The number of hydrogen-bond acceptors (Lipinski definition) is 3. The van der Waals surface area contributed by atoms with E-state index in [-0.39, 0.29) is 5.91 Å². The predicted octanol–water partition coefficient (Wildman–Crippen LogP) is 2.11. The van der Waals surface area contributed by atoms with Crippen LogP contribution < -0.4 is 0 Å². The van der Waals surface area contributed by atoms with Crippen molar-refractivity contribution in [3.63, 3.8) is 0 Å². The summed E-state index contributed by atoms with van der Waals surface area (Å²) in [4.78, 5) is 21.4. The minimum atomic E-state index is 0.213. The monoisotopic (exact) mass is 276 g/mol. The Hall–Kier alpha value is -1.69. The Kier molecular flexibility index (Phi) is 3.33. The zero-order valence-corrected chi connectivity index (χ0v) is 11.4. The highest BCUT2D eigenvalue weighted by molar-refractivity contribution is 7.71. The van der Waals surface area contributed by atoms with Crippen LogP contribution in [-0.4, -0.2) is 38.4 Å². The molecule has 3 rings (SSSR count). The molecule has 0 bridgehead atoms. The molecule has 0 atom stereocenters. The van der Waals surface area contributed by atoms with Crippen molar-refractivity contribution in [3.05, 3.63) is 23.1 Å². The maximum Gasteiger partial charge on any atom is 0.224 e. The molecule has 6 heteroatoms. The number of aryl methyl sites for hydroxylation is 1. The molecule has 1 fully saturated rings. The van der Waals surface area contributed by atoms with E-state index in [1.54, 1.807) is 6.20 Å². The number of hydrogen-bond donors (Lipinski definition) is 1. The summed E-state index contributed by atoms with van der Waals surface area (Å²) in [5, 5.41) is 0. The number of aromatic nitrogens is 3. The average Bonchev–Trinajstić information content (AvgIpc) is 3.03. The molecular formula is C13H16N4OS. The summed E-state index contributed by atoms with van der Waals surface area (Å²) >= 11 is 5.28. The molecule has 1 aliphatic heterocycles. The SMILES string of the molecule is O=C(CCn1c(=S)[nH]c2cccnc21)N1CCCC1. The number of nitrogens with one attached hydrogen (secondary N) is 1. The van der Waals surface area contributed by atoms with E-state index in [1.807, 2.05) is 21.6 Å². The van der Waals surface area contributed by atoms with Crippen molar-refractivity contribution in [2.75, 3.05) is 13.1 Å². The van der Waals surface area contributed by atoms with Crippen molar-refractivity contribution < 1.29 is 4.79 Å². The van der Waals surface area contributed by atoms with Gasteiger partial charge in [0.05, 0.1) is 5.52 Å². The van der Waals surface area contributed by atoms with Gasteiger partial charge in [-0.1, -0.05) is 0 Å². The van der Waals surface area contributed by atoms with Crippen molar-refractivity contribution in [1.29, 1.82) is 0 Å². The number of amides is 1. The largest absolute Gasteiger partial charge is 0.343 e. The van der Waals surface area contributed by atoms with E-state index >= 15 is 0 Å². The van der Waals surface area contributed by atoms with Crippen LogP contribution in [0.5, 0.6) is 0 Å². The van der Waals surface area contributed by atoms with Gasteiger partial charge in [-0.05, 0) is 37.2 Å². The first kappa shape index (κ1) is 12.3. The molecule has 2 aromatic rings. The second-order valence-electron chi connectivity index (χ2n) is 4.79. The second kappa shape index (κ2) is 5.13. The van der Waals surface area contributed by atoms with E-state index in [0.717, 1.165) is 37.1 Å². The zero-order valence-electron chi connectivity index (χ0n) is 10.6. The predicted molar refractivity (Wildman–Crippen MR) is 75.3 cm³/mol. The van der Waals surface area contributed by atoms with E-state index in [0.29, 0.717) is 17.7 Å². The third-order valence-electron chi connectivity index (χ3n) is 3.54. The normalized spacial score (nSPS) is 15.3. The van der Waals surface area contributed by atoms with Crippen molar-refractivity contribution in [3.8, 4) is 0 Å². The molecule has 1 saturated heterocycles. The third kappa shape index (κ3) is 2.40. The second-order valence-corrected chi connectivity index (χ2v) is 5.18. The molecule has 0 unspecified atom stereocenters. The van der Waals surface area contributed by atoms with E-state index in [1.165, 1.54) is 0 Å². The molecule has 1 amide bonds. The fraction of sp³-hybridized carbons (Fsp3) is 0.462. The van der Waals surface area contributed by atoms with Crippen molar-refractivity contribution in [1.82, 2.24) is 19.4 Å². The summed E-state index contributed by atoms with van der Waals surface area (Å²) < 4.78 is 2.53. The van der Waals surface area contributed by atoms with Crippen LogP contribution in [0.25, 0.3) is 11.2 Å². The number of rotatable bonds is 3. The third-order valence-corrected chi connectivity index (χ3v) is 3.86. The molecule has 0 radical (unpaired) electrons. The molecule has 5 nitrogen and oxygen atoms in total. The molecule has 2 aromatic heterocycles. The lowest BCUT2D eigenvalue weighted by Crippen LogP contribution is -2.28. The Morgan fingerprint density at radius 2 is 2.21 bits per heavy atom. The number of carbonyl (C=O) groups excluding carboxylic acids is 1. The van der Waals surface area contributed by atoms with Gasteiger partial charge < -0.3 is 14.5 Å². The first-order valence-electron chi connectivity index (χ1n) is 6.57. The lowest BCUT2D eigenvalue weighted by molar-refractivity contribution is -0.130. The Morgan fingerprint density at radius 3 is 3.00 bits per heavy atom. The summed E-state index contributed by atoms with van der Waals surface area (Å²) in [5.74, 6) is 0.213. The van der Waals surface area contributed by atoms with E-state index in [2.05, 4.69) is 9.97 Å². The Morgan fingerprint density at radius 1 is 1.42 bits per heavy atom. The number of H-pyrrole nitrogens is 1. The molecular weight excluding hydrogens is 260 g/mol. The van der Waals surface area contributed by atoms with Crippen LogP contribution in [0.15, 0.2) is 18.3 Å². The van der Waals surface area contributed by atoms with Crippen LogP contribution in [0.2, 0.25) is 0 Å². The van der Waals surface area contributed by atoms with Crippen LogP contribution in [0, 0.1) is 4.77 Å². The first-order chi connectivity index (χ1) is 9.25. The molecule has 1 N–H and O–H groups in total. The highest BCUT2D eigenvalue weighted by atomic mass is 32.1. The quantitative estimate of drug-likeness (QED) is 0.874. The van der Waals surface area contributed by atoms with E-state index in [9.17, 15) is 4.79 Å². The highest BCUT2D eigenvalue weighted by Crippen LogP contribution is 2.13. The van der Waals surface area contributed by atoms with Gasteiger partial charge in [0, 0.05) is 32.3 Å². The number of imidazole rings is 1. The van der Waals surface area contributed by atoms with Gasteiger partial charge in [0.15, 0.2) is 10.4 Å². The van der Waals surface area contributed by atoms with Crippen LogP contribution in [0.3, 0.4) is 0 Å². The Labute approximate surface area is 116 Å². The van der Waals surface area contributed by atoms with Crippen molar-refractivity contribution in [2.45, 2.75) is 25.8 Å². The molecule has 0 aromatic carbocycles. The first-order valence-corrected chi connectivity index (χ1v) is 6.98. The van der Waals surface area contributed by atoms with E-state index < -0.39 is 0 Å². The lowest BCUT2D eigenvalue weighted by Gasteiger charge is -2.15. The van der Waals surface area contributed by atoms with Gasteiger partial charge in [0.25, 0.3) is 0 Å². The molecule has 1 aliphatic rings. The number of likely N-dealkylation sites (tertiary alicyclic amines) is 1. The smallest absolute Gasteiger partial charge is 0.224 e. The minimum Gasteiger partial charge on any atom is -0.343 e. The van der Waals surface area contributed by atoms with Gasteiger partial charge >= 0.3 is 0 Å². The maximum atomic E-state index is 12.0. The zero-order chi connectivity index (χ0) is 13.2. The topological polar surface area (TPSA) is 53.9 Å². The average molecular weight is 276 g/mol. The van der Waals surface area contributed by atoms with Gasteiger partial charge in [0.1, 0.15) is 0 Å². The van der Waals surface area contributed by atoms with Gasteiger partial charge in [0.2, 0.25) is 5.91 Å². The maximum absolute atomic E-state index is 12.0. The van der Waals surface area contributed by atoms with Gasteiger partial charge in [-0.2, -0.15) is 0 Å². The summed E-state index contributed by atoms with van der Waals surface area (Å²) in [6, 6.07) is 3.81. The van der Waals surface area contributed by atoms with Crippen molar-refractivity contribution in [2.24, 2.45) is 0 Å². The van der Waals surface area contributed by atoms with E-state index in [4.69, 9.17) is 12.2 Å². The molecule has 100 valence electrons. The molecule has 19 heavy (non-hydrogen) atoms. The summed E-state index contributed by atoms with van der Waals surface area (Å²) in [7, 11) is 0. The van der Waals surface area contributed by atoms with Crippen LogP contribution in [0.1, 0.15) is 19.3 Å². The van der Waals surface area contributed by atoms with Crippen LogP contribution >= 0.6 is 12.2 Å². The number of nitrogens with zero attached hydrogens (tertiary/aromatic N) is 3. The van der Waals surface area contributed by atoms with Crippen LogP contribution in [0.4, 0.5) is 0 Å². The number of fused-ring (bicyclic) bond motifs is 1. The van der Waals surface area contributed by atoms with Gasteiger partial charge in [-0.25, -0.2) is 4.98 Å². The summed E-state index contributed by atoms with van der Waals surface area (Å²) in [6.45, 7) is 2.39. The molecule has 0 aliphatic carbocycles. The Bertz CT molecular complexity index is 654. The number of pyridine rings is 1. The summed E-state index contributed by atoms with van der Waals surface area (Å²) in [6.07, 6.45) is 4.47. The van der Waals surface area contributed by atoms with Crippen LogP contribution in [-0.2, 0) is 11.3 Å². The number of aromatic amines is 1. The fourth-order valence-corrected chi connectivity index (χ4v) is 2.82. The lowest BCUT2D eigenvalue weighted by atomic mass is 10.3. The van der Waals surface area contributed by atoms with Crippen molar-refractivity contribution >= 4 is 29.3 Å². The summed E-state index contributed by atoms with van der Waals surface area (Å²) in [5.41, 5.74) is 1.74. The standard InChI is InChI=1S/C13H16N4OS/c18-11(16-7-1-2-8-16)5-9-17-12-10(15-13(17)19)4-3-6-14-12/h3-4,6H,1-2,5,7-9H2,(H,15,19). The number of carbonyl (C=O) groups is 1. The molecule has 3 heterocycles. The highest BCUT2D eigenvalue weighted by Gasteiger charge is 2.18. The fourth-order valence-electron chi connectivity index (χ4n) is 2.53. The Balaban J connectivity index is 1.76. The molecule has 0 saturated carbocycles. The minimum absolute atomic E-state index is 0.213. The van der Waals surface area contributed by atoms with Gasteiger partial charge in [-0.15, -0.1) is 0 Å². The van der Waals surface area contributed by atoms with Gasteiger partial charge in [-0.3, -0.25) is 4.79 Å². The molecule has 0 spiro atoms.